The number of nitrogens with zero attached hydrogens (tertiary/aromatic N) is 2. The fourth-order valence-electron chi connectivity index (χ4n) is 1.02. The molecule has 16 heavy (non-hydrogen) atoms. The van der Waals surface area contributed by atoms with Gasteiger partial charge >= 0.3 is 0 Å². The molecule has 0 aromatic carbocycles. The lowest BCUT2D eigenvalue weighted by atomic mass is 10.4. The van der Waals surface area contributed by atoms with Gasteiger partial charge in [-0.2, -0.15) is 0 Å². The number of amides is 1. The second kappa shape index (κ2) is 5.64. The first-order valence-electron chi connectivity index (χ1n) is 4.69. The van der Waals surface area contributed by atoms with E-state index in [0.29, 0.717) is 23.3 Å². The number of halogens is 1. The summed E-state index contributed by atoms with van der Waals surface area (Å²) in [5, 5.41) is 2.91. The molecule has 2 N–H and O–H groups in total. The first-order chi connectivity index (χ1) is 7.52. The number of carbonyl (C=O) groups is 1. The number of H-pyrrole nitrogens is 1. The lowest BCUT2D eigenvalue weighted by Gasteiger charge is -2.10. The van der Waals surface area contributed by atoms with Crippen molar-refractivity contribution in [1.29, 1.82) is 0 Å². The number of anilines is 1. The highest BCUT2D eigenvalue weighted by molar-refractivity contribution is 9.10. The number of nitrogens with one attached hydrogen (secondary N) is 2. The Morgan fingerprint density at radius 2 is 2.31 bits per heavy atom. The van der Waals surface area contributed by atoms with Crippen molar-refractivity contribution < 1.29 is 4.79 Å². The van der Waals surface area contributed by atoms with Gasteiger partial charge in [0.15, 0.2) is 0 Å². The van der Waals surface area contributed by atoms with E-state index in [1.54, 1.807) is 14.1 Å². The zero-order valence-electron chi connectivity index (χ0n) is 9.08. The third-order valence-corrected chi connectivity index (χ3v) is 2.66. The van der Waals surface area contributed by atoms with E-state index in [1.807, 2.05) is 0 Å². The van der Waals surface area contributed by atoms with Crippen molar-refractivity contribution in [1.82, 2.24) is 14.9 Å². The number of carbonyl (C=O) groups excluding carboxylic acids is 1. The van der Waals surface area contributed by atoms with Crippen molar-refractivity contribution in [3.63, 3.8) is 0 Å². The average molecular weight is 289 g/mol. The lowest BCUT2D eigenvalue weighted by Crippen LogP contribution is -2.24. The van der Waals surface area contributed by atoms with E-state index < -0.39 is 0 Å². The van der Waals surface area contributed by atoms with Gasteiger partial charge in [0, 0.05) is 27.1 Å². The molecule has 0 saturated heterocycles. The van der Waals surface area contributed by atoms with Crippen molar-refractivity contribution in [3.05, 3.63) is 21.2 Å². The normalized spacial score (nSPS) is 9.94. The van der Waals surface area contributed by atoms with Crippen LogP contribution in [-0.4, -0.2) is 41.4 Å². The van der Waals surface area contributed by atoms with E-state index in [9.17, 15) is 9.59 Å². The quantitative estimate of drug-likeness (QED) is 0.842. The van der Waals surface area contributed by atoms with Crippen LogP contribution < -0.4 is 10.9 Å². The molecule has 0 aliphatic heterocycles. The van der Waals surface area contributed by atoms with E-state index in [4.69, 9.17) is 0 Å². The van der Waals surface area contributed by atoms with E-state index in [0.717, 1.165) is 0 Å². The Labute approximate surface area is 101 Å². The third kappa shape index (κ3) is 3.34. The summed E-state index contributed by atoms with van der Waals surface area (Å²) in [6.07, 6.45) is 1.66. The molecule has 0 aliphatic carbocycles. The standard InChI is InChI=1S/C9H13BrN4O2/c1-14(2)6(15)3-4-11-8-7(10)9(16)13-5-12-8/h5H,3-4H2,1-2H3,(H2,11,12,13,16). The van der Waals surface area contributed by atoms with E-state index >= 15 is 0 Å². The van der Waals surface area contributed by atoms with Gasteiger partial charge in [0.1, 0.15) is 10.3 Å². The van der Waals surface area contributed by atoms with Gasteiger partial charge in [-0.05, 0) is 15.9 Å². The van der Waals surface area contributed by atoms with Crippen LogP contribution in [0.4, 0.5) is 5.82 Å². The molecule has 88 valence electrons. The monoisotopic (exact) mass is 288 g/mol. The van der Waals surface area contributed by atoms with Crippen molar-refractivity contribution in [2.24, 2.45) is 0 Å². The molecule has 1 aromatic heterocycles. The predicted molar refractivity (Wildman–Crippen MR) is 64.4 cm³/mol. The van der Waals surface area contributed by atoms with Crippen LogP contribution in [0.1, 0.15) is 6.42 Å². The molecule has 0 bridgehead atoms. The maximum atomic E-state index is 11.3. The Balaban J connectivity index is 2.53. The molecule has 7 heteroatoms. The van der Waals surface area contributed by atoms with E-state index in [-0.39, 0.29) is 11.5 Å². The highest BCUT2D eigenvalue weighted by Gasteiger charge is 2.06. The molecule has 0 saturated carbocycles. The summed E-state index contributed by atoms with van der Waals surface area (Å²) in [4.78, 5) is 30.3. The smallest absolute Gasteiger partial charge is 0.267 e. The van der Waals surface area contributed by atoms with Crippen LogP contribution >= 0.6 is 15.9 Å². The fourth-order valence-corrected chi connectivity index (χ4v) is 1.37. The molecule has 1 amide bonds. The number of rotatable bonds is 4. The molecular weight excluding hydrogens is 276 g/mol. The molecule has 0 atom stereocenters. The highest BCUT2D eigenvalue weighted by Crippen LogP contribution is 2.12. The first kappa shape index (κ1) is 12.7. The Morgan fingerprint density at radius 3 is 2.94 bits per heavy atom. The Morgan fingerprint density at radius 1 is 1.62 bits per heavy atom. The zero-order valence-corrected chi connectivity index (χ0v) is 10.7. The summed E-state index contributed by atoms with van der Waals surface area (Å²) in [5.41, 5.74) is -0.253. The van der Waals surface area contributed by atoms with Crippen LogP contribution in [0, 0.1) is 0 Å². The molecule has 1 heterocycles. The molecule has 0 fully saturated rings. The zero-order chi connectivity index (χ0) is 12.1. The van der Waals surface area contributed by atoms with Crippen LogP contribution in [0.15, 0.2) is 15.6 Å². The topological polar surface area (TPSA) is 78.1 Å². The largest absolute Gasteiger partial charge is 0.368 e. The van der Waals surface area contributed by atoms with Crippen molar-refractivity contribution in [3.8, 4) is 0 Å². The molecule has 0 radical (unpaired) electrons. The summed E-state index contributed by atoms with van der Waals surface area (Å²) in [6.45, 7) is 0.437. The SMILES string of the molecule is CN(C)C(=O)CCNc1nc[nH]c(=O)c1Br. The van der Waals surface area contributed by atoms with Crippen LogP contribution in [0.25, 0.3) is 0 Å². The third-order valence-electron chi connectivity index (χ3n) is 1.93. The van der Waals surface area contributed by atoms with Crippen LogP contribution in [-0.2, 0) is 4.79 Å². The van der Waals surface area contributed by atoms with Gasteiger partial charge in [0.2, 0.25) is 5.91 Å². The summed E-state index contributed by atoms with van der Waals surface area (Å²) < 4.78 is 0.340. The lowest BCUT2D eigenvalue weighted by molar-refractivity contribution is -0.128. The Hall–Kier alpha value is -1.37. The number of hydrogen-bond acceptors (Lipinski definition) is 4. The summed E-state index contributed by atoms with van der Waals surface area (Å²) in [7, 11) is 3.40. The van der Waals surface area contributed by atoms with E-state index in [1.165, 1.54) is 11.2 Å². The van der Waals surface area contributed by atoms with Gasteiger partial charge < -0.3 is 15.2 Å². The maximum absolute atomic E-state index is 11.3. The molecule has 0 spiro atoms. The van der Waals surface area contributed by atoms with Gasteiger partial charge in [0.05, 0.1) is 6.33 Å². The summed E-state index contributed by atoms with van der Waals surface area (Å²) in [5.74, 6) is 0.462. The minimum absolute atomic E-state index is 0.0217. The van der Waals surface area contributed by atoms with E-state index in [2.05, 4.69) is 31.2 Å². The highest BCUT2D eigenvalue weighted by atomic mass is 79.9. The Bertz CT molecular complexity index is 430. The van der Waals surface area contributed by atoms with Crippen molar-refractivity contribution >= 4 is 27.7 Å². The molecular formula is C9H13BrN4O2. The van der Waals surface area contributed by atoms with Crippen molar-refractivity contribution in [2.75, 3.05) is 26.0 Å². The van der Waals surface area contributed by atoms with Gasteiger partial charge in [-0.25, -0.2) is 4.98 Å². The molecule has 6 nitrogen and oxygen atoms in total. The van der Waals surface area contributed by atoms with Gasteiger partial charge in [-0.3, -0.25) is 9.59 Å². The molecule has 1 rings (SSSR count). The fraction of sp³-hybridized carbons (Fsp3) is 0.444. The van der Waals surface area contributed by atoms with Crippen LogP contribution in [0.3, 0.4) is 0 Å². The predicted octanol–water partition coefficient (Wildman–Crippen LogP) is 0.423. The Kier molecular flexibility index (Phi) is 4.48. The van der Waals surface area contributed by atoms with Gasteiger partial charge in [-0.15, -0.1) is 0 Å². The number of aromatic amines is 1. The average Bonchev–Trinajstić information content (AvgIpc) is 2.24. The van der Waals surface area contributed by atoms with Crippen LogP contribution in [0.2, 0.25) is 0 Å². The summed E-state index contributed by atoms with van der Waals surface area (Å²) in [6, 6.07) is 0. The molecule has 1 aromatic rings. The van der Waals surface area contributed by atoms with Gasteiger partial charge in [-0.1, -0.05) is 0 Å². The second-order valence-corrected chi connectivity index (χ2v) is 4.15. The van der Waals surface area contributed by atoms with Gasteiger partial charge in [0.25, 0.3) is 5.56 Å². The minimum Gasteiger partial charge on any atom is -0.368 e. The number of aromatic nitrogens is 2. The molecule has 0 unspecified atom stereocenters. The maximum Gasteiger partial charge on any atom is 0.267 e. The minimum atomic E-state index is -0.253. The first-order valence-corrected chi connectivity index (χ1v) is 5.49. The summed E-state index contributed by atoms with van der Waals surface area (Å²) >= 11 is 3.11. The second-order valence-electron chi connectivity index (χ2n) is 3.36. The number of hydrogen-bond donors (Lipinski definition) is 2. The molecule has 0 aliphatic rings. The van der Waals surface area contributed by atoms with Crippen molar-refractivity contribution in [2.45, 2.75) is 6.42 Å². The van der Waals surface area contributed by atoms with Crippen LogP contribution in [0.5, 0.6) is 0 Å².